The molecular weight excluding hydrogens is 353 g/mol. The number of nitrogens with zero attached hydrogens (tertiary/aromatic N) is 1. The van der Waals surface area contributed by atoms with Crippen molar-refractivity contribution in [3.63, 3.8) is 0 Å². The molecular formula is C17H17F3N2O2S. The normalized spacial score (nSPS) is 15.4. The van der Waals surface area contributed by atoms with E-state index in [1.54, 1.807) is 6.07 Å². The van der Waals surface area contributed by atoms with Gasteiger partial charge in [0.25, 0.3) is 5.56 Å². The van der Waals surface area contributed by atoms with Crippen LogP contribution in [-0.2, 0) is 11.8 Å². The van der Waals surface area contributed by atoms with E-state index in [0.717, 1.165) is 11.1 Å². The standard InChI is InChI=1S/C17H17F3N2O2S/c1-16(2)7-9-4-5-10(24-3)6-11(9)13-12(16)14(23)22-15(21-13)25-8-17(18,19)20/h4-6H,7-8H2,1-3H3,(H,21,22,23). The summed E-state index contributed by atoms with van der Waals surface area (Å²) in [6.45, 7) is 3.86. The van der Waals surface area contributed by atoms with Crippen molar-refractivity contribution in [2.24, 2.45) is 0 Å². The second kappa shape index (κ2) is 6.09. The molecule has 0 fully saturated rings. The quantitative estimate of drug-likeness (QED) is 0.657. The van der Waals surface area contributed by atoms with E-state index in [1.165, 1.54) is 7.11 Å². The molecule has 2 aromatic rings. The summed E-state index contributed by atoms with van der Waals surface area (Å²) in [6.07, 6.45) is -3.70. The van der Waals surface area contributed by atoms with Crippen LogP contribution in [0.15, 0.2) is 28.2 Å². The molecule has 0 saturated carbocycles. The summed E-state index contributed by atoms with van der Waals surface area (Å²) in [5.41, 5.74) is 1.78. The molecule has 1 aromatic carbocycles. The Hall–Kier alpha value is -1.96. The Morgan fingerprint density at radius 1 is 1.36 bits per heavy atom. The van der Waals surface area contributed by atoms with Gasteiger partial charge >= 0.3 is 6.18 Å². The summed E-state index contributed by atoms with van der Waals surface area (Å²) >= 11 is 0.476. The zero-order chi connectivity index (χ0) is 18.4. The van der Waals surface area contributed by atoms with Gasteiger partial charge in [0, 0.05) is 16.5 Å². The first-order valence-corrected chi connectivity index (χ1v) is 8.61. The van der Waals surface area contributed by atoms with E-state index in [9.17, 15) is 18.0 Å². The van der Waals surface area contributed by atoms with Gasteiger partial charge in [-0.05, 0) is 24.1 Å². The second-order valence-corrected chi connectivity index (χ2v) is 7.55. The Morgan fingerprint density at radius 2 is 2.08 bits per heavy atom. The van der Waals surface area contributed by atoms with Crippen molar-refractivity contribution < 1.29 is 17.9 Å². The summed E-state index contributed by atoms with van der Waals surface area (Å²) in [5.74, 6) is -0.501. The molecule has 4 nitrogen and oxygen atoms in total. The third-order valence-corrected chi connectivity index (χ3v) is 5.09. The molecule has 1 aliphatic rings. The summed E-state index contributed by atoms with van der Waals surface area (Å²) in [6, 6.07) is 5.50. The van der Waals surface area contributed by atoms with E-state index in [0.29, 0.717) is 35.2 Å². The number of rotatable bonds is 3. The maximum absolute atomic E-state index is 12.6. The largest absolute Gasteiger partial charge is 0.497 e. The van der Waals surface area contributed by atoms with Crippen LogP contribution in [0.4, 0.5) is 13.2 Å². The molecule has 8 heteroatoms. The first-order chi connectivity index (χ1) is 11.6. The van der Waals surface area contributed by atoms with Crippen molar-refractivity contribution in [3.8, 4) is 17.0 Å². The van der Waals surface area contributed by atoms with Crippen LogP contribution < -0.4 is 10.3 Å². The van der Waals surface area contributed by atoms with E-state index >= 15 is 0 Å². The van der Waals surface area contributed by atoms with Gasteiger partial charge in [-0.2, -0.15) is 13.2 Å². The molecule has 0 radical (unpaired) electrons. The number of hydrogen-bond acceptors (Lipinski definition) is 4. The molecule has 0 aliphatic heterocycles. The van der Waals surface area contributed by atoms with Gasteiger partial charge in [0.1, 0.15) is 5.75 Å². The smallest absolute Gasteiger partial charge is 0.398 e. The molecule has 0 unspecified atom stereocenters. The molecule has 1 N–H and O–H groups in total. The second-order valence-electron chi connectivity index (χ2n) is 6.58. The van der Waals surface area contributed by atoms with Crippen LogP contribution in [0, 0.1) is 0 Å². The van der Waals surface area contributed by atoms with Crippen LogP contribution in [0.3, 0.4) is 0 Å². The van der Waals surface area contributed by atoms with Crippen molar-refractivity contribution in [1.82, 2.24) is 9.97 Å². The predicted molar refractivity (Wildman–Crippen MR) is 90.4 cm³/mol. The average molecular weight is 370 g/mol. The number of methoxy groups -OCH3 is 1. The lowest BCUT2D eigenvalue weighted by Crippen LogP contribution is -2.34. The molecule has 0 spiro atoms. The number of benzene rings is 1. The third-order valence-electron chi connectivity index (χ3n) is 4.15. The van der Waals surface area contributed by atoms with E-state index in [-0.39, 0.29) is 5.16 Å². The van der Waals surface area contributed by atoms with Crippen LogP contribution in [-0.4, -0.2) is 29.0 Å². The van der Waals surface area contributed by atoms with Gasteiger partial charge in [0.05, 0.1) is 18.6 Å². The highest BCUT2D eigenvalue weighted by Gasteiger charge is 2.36. The third kappa shape index (κ3) is 3.53. The Kier molecular flexibility index (Phi) is 4.35. The molecule has 0 saturated heterocycles. The highest BCUT2D eigenvalue weighted by Crippen LogP contribution is 2.42. The number of alkyl halides is 3. The Morgan fingerprint density at radius 3 is 2.72 bits per heavy atom. The number of aromatic amines is 1. The summed E-state index contributed by atoms with van der Waals surface area (Å²) in [5, 5.41) is -0.0347. The maximum atomic E-state index is 12.6. The minimum absolute atomic E-state index is 0.0347. The van der Waals surface area contributed by atoms with Crippen LogP contribution in [0.2, 0.25) is 0 Å². The number of hydrogen-bond donors (Lipinski definition) is 1. The van der Waals surface area contributed by atoms with Gasteiger partial charge in [-0.1, -0.05) is 31.7 Å². The van der Waals surface area contributed by atoms with Crippen molar-refractivity contribution in [1.29, 1.82) is 0 Å². The Balaban J connectivity index is 2.16. The van der Waals surface area contributed by atoms with Crippen molar-refractivity contribution >= 4 is 11.8 Å². The molecule has 1 aromatic heterocycles. The van der Waals surface area contributed by atoms with Crippen LogP contribution in [0.25, 0.3) is 11.3 Å². The van der Waals surface area contributed by atoms with Crippen LogP contribution >= 0.6 is 11.8 Å². The zero-order valence-electron chi connectivity index (χ0n) is 14.0. The first-order valence-electron chi connectivity index (χ1n) is 7.62. The molecule has 1 heterocycles. The summed E-state index contributed by atoms with van der Waals surface area (Å²) in [4.78, 5) is 19.4. The minimum atomic E-state index is -4.33. The number of nitrogens with one attached hydrogen (secondary N) is 1. The fraction of sp³-hybridized carbons (Fsp3) is 0.412. The zero-order valence-corrected chi connectivity index (χ0v) is 14.8. The van der Waals surface area contributed by atoms with Gasteiger partial charge in [0.15, 0.2) is 5.16 Å². The lowest BCUT2D eigenvalue weighted by atomic mass is 9.72. The molecule has 1 aliphatic carbocycles. The summed E-state index contributed by atoms with van der Waals surface area (Å²) in [7, 11) is 1.53. The fourth-order valence-corrected chi connectivity index (χ4v) is 3.74. The first kappa shape index (κ1) is 17.8. The lowest BCUT2D eigenvalue weighted by molar-refractivity contribution is -0.105. The number of ether oxygens (including phenoxy) is 1. The number of thioether (sulfide) groups is 1. The SMILES string of the molecule is COc1ccc2c(c1)-c1nc(SCC(F)(F)F)[nH]c(=O)c1C(C)(C)C2. The van der Waals surface area contributed by atoms with E-state index in [1.807, 2.05) is 26.0 Å². The van der Waals surface area contributed by atoms with Gasteiger partial charge in [-0.15, -0.1) is 0 Å². The lowest BCUT2D eigenvalue weighted by Gasteiger charge is -2.32. The van der Waals surface area contributed by atoms with Gasteiger partial charge in [-0.3, -0.25) is 4.79 Å². The maximum Gasteiger partial charge on any atom is 0.398 e. The number of halogens is 3. The highest BCUT2D eigenvalue weighted by molar-refractivity contribution is 7.99. The molecule has 0 atom stereocenters. The highest BCUT2D eigenvalue weighted by atomic mass is 32.2. The van der Waals surface area contributed by atoms with Crippen molar-refractivity contribution in [2.45, 2.75) is 37.0 Å². The predicted octanol–water partition coefficient (Wildman–Crippen LogP) is 3.93. The van der Waals surface area contributed by atoms with E-state index < -0.39 is 22.9 Å². The van der Waals surface area contributed by atoms with Crippen LogP contribution in [0.1, 0.15) is 25.0 Å². The fourth-order valence-electron chi connectivity index (χ4n) is 3.12. The topological polar surface area (TPSA) is 55.0 Å². The molecule has 3 rings (SSSR count). The molecule has 0 amide bonds. The number of fused-ring (bicyclic) bond motifs is 3. The minimum Gasteiger partial charge on any atom is -0.497 e. The average Bonchev–Trinajstić information content (AvgIpc) is 2.51. The van der Waals surface area contributed by atoms with Gasteiger partial charge in [-0.25, -0.2) is 4.98 Å². The molecule has 25 heavy (non-hydrogen) atoms. The van der Waals surface area contributed by atoms with Crippen molar-refractivity contribution in [3.05, 3.63) is 39.7 Å². The van der Waals surface area contributed by atoms with Gasteiger partial charge in [0.2, 0.25) is 0 Å². The Labute approximate surface area is 146 Å². The monoisotopic (exact) mass is 370 g/mol. The molecule has 134 valence electrons. The van der Waals surface area contributed by atoms with Gasteiger partial charge < -0.3 is 9.72 Å². The van der Waals surface area contributed by atoms with Crippen molar-refractivity contribution in [2.75, 3.05) is 12.9 Å². The van der Waals surface area contributed by atoms with E-state index in [4.69, 9.17) is 4.74 Å². The molecule has 0 bridgehead atoms. The summed E-state index contributed by atoms with van der Waals surface area (Å²) < 4.78 is 42.7. The Bertz CT molecular complexity index is 875. The number of H-pyrrole nitrogens is 1. The number of aromatic nitrogens is 2. The van der Waals surface area contributed by atoms with Crippen LogP contribution in [0.5, 0.6) is 5.75 Å². The van der Waals surface area contributed by atoms with E-state index in [2.05, 4.69) is 9.97 Å².